The summed E-state index contributed by atoms with van der Waals surface area (Å²) in [5, 5.41) is -0.571. The van der Waals surface area contributed by atoms with Gasteiger partial charge in [-0.15, -0.1) is 0 Å². The van der Waals surface area contributed by atoms with Crippen molar-refractivity contribution >= 4 is 23.6 Å². The van der Waals surface area contributed by atoms with Gasteiger partial charge in [0.15, 0.2) is 0 Å². The Morgan fingerprint density at radius 1 is 1.12 bits per heavy atom. The number of amides is 2. The minimum atomic E-state index is -0.866. The van der Waals surface area contributed by atoms with Crippen molar-refractivity contribution in [2.24, 2.45) is 5.92 Å². The van der Waals surface area contributed by atoms with Gasteiger partial charge in [0.1, 0.15) is 23.3 Å². The number of imide groups is 1. The van der Waals surface area contributed by atoms with Crippen LogP contribution in [0.15, 0.2) is 42.5 Å². The van der Waals surface area contributed by atoms with Crippen molar-refractivity contribution in [3.8, 4) is 0 Å². The second-order valence-electron chi connectivity index (χ2n) is 9.72. The van der Waals surface area contributed by atoms with Crippen LogP contribution in [0.4, 0.5) is 13.6 Å². The second kappa shape index (κ2) is 9.03. The smallest absolute Gasteiger partial charge is 0.416 e. The van der Waals surface area contributed by atoms with Crippen molar-refractivity contribution in [1.82, 2.24) is 9.80 Å². The fourth-order valence-electron chi connectivity index (χ4n) is 4.67. The largest absolute Gasteiger partial charge is 0.447 e. The molecule has 2 fully saturated rings. The number of benzene rings is 2. The van der Waals surface area contributed by atoms with Gasteiger partial charge in [0.2, 0.25) is 5.91 Å². The quantitative estimate of drug-likeness (QED) is 0.581. The number of cyclic esters (lactones) is 1. The molecule has 2 aliphatic rings. The molecule has 2 aromatic carbocycles. The highest BCUT2D eigenvalue weighted by Crippen LogP contribution is 2.39. The van der Waals surface area contributed by atoms with E-state index in [2.05, 4.69) is 4.90 Å². The van der Waals surface area contributed by atoms with Crippen molar-refractivity contribution in [3.63, 3.8) is 0 Å². The summed E-state index contributed by atoms with van der Waals surface area (Å²) in [5.41, 5.74) is 1.07. The maximum absolute atomic E-state index is 14.3. The Bertz CT molecular complexity index is 1030. The van der Waals surface area contributed by atoms with Gasteiger partial charge in [0.25, 0.3) is 0 Å². The molecule has 2 saturated heterocycles. The molecule has 0 aromatic heterocycles. The van der Waals surface area contributed by atoms with Gasteiger partial charge in [-0.3, -0.25) is 9.69 Å². The van der Waals surface area contributed by atoms with Crippen LogP contribution < -0.4 is 0 Å². The van der Waals surface area contributed by atoms with Gasteiger partial charge in [-0.05, 0) is 50.5 Å². The van der Waals surface area contributed by atoms with E-state index in [-0.39, 0.29) is 18.1 Å². The first kappa shape index (κ1) is 23.6. The number of likely N-dealkylation sites (tertiary alicyclic amines) is 1. The first-order valence-electron chi connectivity index (χ1n) is 11.0. The summed E-state index contributed by atoms with van der Waals surface area (Å²) in [4.78, 5) is 29.6. The average Bonchev–Trinajstić information content (AvgIpc) is 3.36. The first-order valence-corrected chi connectivity index (χ1v) is 11.4. The number of rotatable bonds is 4. The van der Waals surface area contributed by atoms with Crippen LogP contribution in [-0.2, 0) is 16.0 Å². The van der Waals surface area contributed by atoms with Crippen LogP contribution in [0.3, 0.4) is 0 Å². The molecule has 0 N–H and O–H groups in total. The Balaban J connectivity index is 1.66. The Labute approximate surface area is 197 Å². The standard InChI is InChI=1S/C25H27ClF2N2O3/c1-25(2,3)29-12-18(16-10-20(27)22(26)21(28)11-16)19(13-29)23(31)30-17(14-33-24(30)32)9-15-7-5-4-6-8-15/h4-8,10-11,17-19H,9,12-14H2,1-3H3/t17-,18?,19?/m0/s1. The summed E-state index contributed by atoms with van der Waals surface area (Å²) >= 11 is 5.68. The van der Waals surface area contributed by atoms with Gasteiger partial charge in [-0.25, -0.2) is 18.5 Å². The number of ether oxygens (including phenoxy) is 1. The molecular weight excluding hydrogens is 450 g/mol. The molecule has 8 heteroatoms. The maximum Gasteiger partial charge on any atom is 0.416 e. The van der Waals surface area contributed by atoms with Crippen LogP contribution in [0.5, 0.6) is 0 Å². The summed E-state index contributed by atoms with van der Waals surface area (Å²) < 4.78 is 33.8. The zero-order valence-corrected chi connectivity index (χ0v) is 19.6. The van der Waals surface area contributed by atoms with E-state index in [9.17, 15) is 18.4 Å². The molecule has 2 unspecified atom stereocenters. The fourth-order valence-corrected chi connectivity index (χ4v) is 4.78. The summed E-state index contributed by atoms with van der Waals surface area (Å²) in [5.74, 6) is -3.27. The van der Waals surface area contributed by atoms with Crippen LogP contribution in [0.25, 0.3) is 0 Å². The molecule has 3 atom stereocenters. The lowest BCUT2D eigenvalue weighted by Gasteiger charge is -2.32. The van der Waals surface area contributed by atoms with Crippen LogP contribution >= 0.6 is 11.6 Å². The van der Waals surface area contributed by atoms with Gasteiger partial charge in [0.05, 0.1) is 12.0 Å². The summed E-state index contributed by atoms with van der Waals surface area (Å²) in [6.07, 6.45) is -0.203. The van der Waals surface area contributed by atoms with E-state index < -0.39 is 40.6 Å². The first-order chi connectivity index (χ1) is 15.6. The van der Waals surface area contributed by atoms with Crippen molar-refractivity contribution < 1.29 is 23.1 Å². The minimum absolute atomic E-state index is 0.115. The zero-order valence-electron chi connectivity index (χ0n) is 18.9. The number of hydrogen-bond acceptors (Lipinski definition) is 4. The summed E-state index contributed by atoms with van der Waals surface area (Å²) in [6.45, 7) is 6.95. The molecule has 2 aliphatic heterocycles. The third-order valence-electron chi connectivity index (χ3n) is 6.53. The van der Waals surface area contributed by atoms with E-state index in [0.717, 1.165) is 5.56 Å². The molecule has 176 valence electrons. The highest BCUT2D eigenvalue weighted by Gasteiger charge is 2.48. The molecule has 0 spiro atoms. The normalized spacial score (nSPS) is 23.8. The van der Waals surface area contributed by atoms with E-state index in [1.54, 1.807) is 0 Å². The number of nitrogens with zero attached hydrogens (tertiary/aromatic N) is 2. The third-order valence-corrected chi connectivity index (χ3v) is 6.89. The molecule has 2 aromatic rings. The molecule has 0 saturated carbocycles. The monoisotopic (exact) mass is 476 g/mol. The van der Waals surface area contributed by atoms with Crippen molar-refractivity contribution in [2.45, 2.75) is 44.7 Å². The lowest BCUT2D eigenvalue weighted by molar-refractivity contribution is -0.133. The molecule has 4 rings (SSSR count). The zero-order chi connectivity index (χ0) is 23.9. The molecule has 5 nitrogen and oxygen atoms in total. The number of carbonyl (C=O) groups excluding carboxylic acids is 2. The van der Waals surface area contributed by atoms with Gasteiger partial charge in [0, 0.05) is 24.5 Å². The topological polar surface area (TPSA) is 49.9 Å². The van der Waals surface area contributed by atoms with Crippen molar-refractivity contribution in [2.75, 3.05) is 19.7 Å². The Morgan fingerprint density at radius 3 is 2.36 bits per heavy atom. The van der Waals surface area contributed by atoms with E-state index in [1.165, 1.54) is 17.0 Å². The molecule has 2 heterocycles. The van der Waals surface area contributed by atoms with Gasteiger partial charge < -0.3 is 4.74 Å². The summed E-state index contributed by atoms with van der Waals surface area (Å²) in [7, 11) is 0. The van der Waals surface area contributed by atoms with E-state index >= 15 is 0 Å². The van der Waals surface area contributed by atoms with Gasteiger partial charge >= 0.3 is 6.09 Å². The van der Waals surface area contributed by atoms with Crippen LogP contribution in [-0.4, -0.2) is 53.1 Å². The molecule has 0 aliphatic carbocycles. The Morgan fingerprint density at radius 2 is 1.76 bits per heavy atom. The van der Waals surface area contributed by atoms with Crippen LogP contribution in [0.1, 0.15) is 37.8 Å². The Kier molecular flexibility index (Phi) is 6.47. The highest BCUT2D eigenvalue weighted by molar-refractivity contribution is 6.30. The van der Waals surface area contributed by atoms with Gasteiger partial charge in [-0.1, -0.05) is 41.9 Å². The maximum atomic E-state index is 14.3. The summed E-state index contributed by atoms with van der Waals surface area (Å²) in [6, 6.07) is 11.5. The number of carbonyl (C=O) groups is 2. The molecule has 33 heavy (non-hydrogen) atoms. The number of hydrogen-bond donors (Lipinski definition) is 0. The van der Waals surface area contributed by atoms with Crippen molar-refractivity contribution in [1.29, 1.82) is 0 Å². The lowest BCUT2D eigenvalue weighted by Crippen LogP contribution is -2.46. The molecule has 2 amide bonds. The lowest BCUT2D eigenvalue weighted by atomic mass is 9.87. The second-order valence-corrected chi connectivity index (χ2v) is 10.1. The Hall–Kier alpha value is -2.51. The van der Waals surface area contributed by atoms with E-state index in [1.807, 2.05) is 51.1 Å². The van der Waals surface area contributed by atoms with Crippen LogP contribution in [0, 0.1) is 17.6 Å². The van der Waals surface area contributed by atoms with Gasteiger partial charge in [-0.2, -0.15) is 0 Å². The average molecular weight is 477 g/mol. The van der Waals surface area contributed by atoms with Crippen LogP contribution in [0.2, 0.25) is 5.02 Å². The predicted octanol–water partition coefficient (Wildman–Crippen LogP) is 5.02. The highest BCUT2D eigenvalue weighted by atomic mass is 35.5. The molecule has 0 bridgehead atoms. The molecular formula is C25H27ClF2N2O3. The van der Waals surface area contributed by atoms with E-state index in [0.29, 0.717) is 25.1 Å². The minimum Gasteiger partial charge on any atom is -0.447 e. The third kappa shape index (κ3) is 4.75. The van der Waals surface area contributed by atoms with E-state index in [4.69, 9.17) is 16.3 Å². The number of halogens is 3. The SMILES string of the molecule is CC(C)(C)N1CC(C(=O)N2C(=O)OC[C@@H]2Cc2ccccc2)C(c2cc(F)c(Cl)c(F)c2)C1. The van der Waals surface area contributed by atoms with Crippen molar-refractivity contribution in [3.05, 3.63) is 70.2 Å². The predicted molar refractivity (Wildman–Crippen MR) is 121 cm³/mol. The molecule has 0 radical (unpaired) electrons. The fraction of sp³-hybridized carbons (Fsp3) is 0.440.